The van der Waals surface area contributed by atoms with E-state index in [1.54, 1.807) is 18.2 Å². The number of aromatic nitrogens is 1. The van der Waals surface area contributed by atoms with Crippen LogP contribution in [-0.2, 0) is 11.3 Å². The fraction of sp³-hybridized carbons (Fsp3) is 0.250. The van der Waals surface area contributed by atoms with E-state index in [4.69, 9.17) is 5.11 Å². The van der Waals surface area contributed by atoms with Crippen molar-refractivity contribution >= 4 is 16.9 Å². The van der Waals surface area contributed by atoms with Gasteiger partial charge in [-0.3, -0.25) is 4.79 Å². The predicted octanol–water partition coefficient (Wildman–Crippen LogP) is 2.56. The van der Waals surface area contributed by atoms with E-state index in [1.807, 2.05) is 11.5 Å². The second kappa shape index (κ2) is 3.96. The van der Waals surface area contributed by atoms with Crippen molar-refractivity contribution in [3.8, 4) is 0 Å². The maximum atomic E-state index is 13.4. The van der Waals surface area contributed by atoms with Crippen molar-refractivity contribution in [2.24, 2.45) is 0 Å². The first-order chi connectivity index (χ1) is 7.59. The Hall–Kier alpha value is -1.84. The number of carboxylic acids is 1. The quantitative estimate of drug-likeness (QED) is 0.865. The normalized spacial score (nSPS) is 10.9. The first kappa shape index (κ1) is 10.7. The Labute approximate surface area is 92.1 Å². The minimum atomic E-state index is -0.849. The molecule has 16 heavy (non-hydrogen) atoms. The van der Waals surface area contributed by atoms with Crippen LogP contribution in [0.15, 0.2) is 24.3 Å². The number of hydrogen-bond donors (Lipinski definition) is 1. The highest BCUT2D eigenvalue weighted by Crippen LogP contribution is 2.22. The molecule has 0 aliphatic rings. The molecule has 0 spiro atoms. The molecule has 0 aliphatic heterocycles. The molecular weight excluding hydrogens is 209 g/mol. The highest BCUT2D eigenvalue weighted by Gasteiger charge is 2.09. The lowest BCUT2D eigenvalue weighted by Gasteiger charge is -2.05. The molecule has 0 saturated heterocycles. The van der Waals surface area contributed by atoms with Gasteiger partial charge in [-0.1, -0.05) is 6.07 Å². The molecule has 1 heterocycles. The largest absolute Gasteiger partial charge is 0.481 e. The van der Waals surface area contributed by atoms with Gasteiger partial charge in [0.1, 0.15) is 5.82 Å². The molecule has 0 amide bonds. The van der Waals surface area contributed by atoms with Crippen LogP contribution in [0.3, 0.4) is 0 Å². The average molecular weight is 221 g/mol. The van der Waals surface area contributed by atoms with Crippen LogP contribution in [0.1, 0.15) is 12.1 Å². The molecule has 0 atom stereocenters. The van der Waals surface area contributed by atoms with Crippen molar-refractivity contribution in [1.82, 2.24) is 4.57 Å². The summed E-state index contributed by atoms with van der Waals surface area (Å²) >= 11 is 0. The molecule has 0 unspecified atom stereocenters. The highest BCUT2D eigenvalue weighted by molar-refractivity contribution is 5.82. The second-order valence-electron chi connectivity index (χ2n) is 3.75. The number of carboxylic acid groups (broad SMARTS) is 1. The Morgan fingerprint density at radius 1 is 1.50 bits per heavy atom. The molecule has 0 radical (unpaired) electrons. The molecule has 84 valence electrons. The van der Waals surface area contributed by atoms with E-state index in [-0.39, 0.29) is 12.2 Å². The van der Waals surface area contributed by atoms with Crippen LogP contribution >= 0.6 is 0 Å². The van der Waals surface area contributed by atoms with Crippen LogP contribution in [-0.4, -0.2) is 15.6 Å². The molecule has 1 aromatic heterocycles. The molecular formula is C12H12FNO2. The van der Waals surface area contributed by atoms with Crippen molar-refractivity contribution in [3.63, 3.8) is 0 Å². The first-order valence-electron chi connectivity index (χ1n) is 5.06. The number of aliphatic carboxylic acids is 1. The van der Waals surface area contributed by atoms with Gasteiger partial charge in [0.05, 0.1) is 11.9 Å². The molecule has 4 heteroatoms. The smallest absolute Gasteiger partial charge is 0.305 e. The van der Waals surface area contributed by atoms with E-state index in [9.17, 15) is 9.18 Å². The summed E-state index contributed by atoms with van der Waals surface area (Å²) in [6, 6.07) is 6.58. The van der Waals surface area contributed by atoms with Gasteiger partial charge in [-0.05, 0) is 25.1 Å². The zero-order valence-corrected chi connectivity index (χ0v) is 8.90. The van der Waals surface area contributed by atoms with Gasteiger partial charge in [-0.2, -0.15) is 0 Å². The summed E-state index contributed by atoms with van der Waals surface area (Å²) in [6.07, 6.45) is 0.0428. The van der Waals surface area contributed by atoms with Crippen LogP contribution in [0.2, 0.25) is 0 Å². The van der Waals surface area contributed by atoms with Crippen molar-refractivity contribution in [2.45, 2.75) is 19.9 Å². The Kier molecular flexibility index (Phi) is 2.64. The molecule has 1 aromatic carbocycles. The van der Waals surface area contributed by atoms with Gasteiger partial charge in [0, 0.05) is 17.6 Å². The lowest BCUT2D eigenvalue weighted by molar-refractivity contribution is -0.137. The number of hydrogen-bond acceptors (Lipinski definition) is 1. The number of nitrogens with zero attached hydrogens (tertiary/aromatic N) is 1. The minimum Gasteiger partial charge on any atom is -0.481 e. The van der Waals surface area contributed by atoms with Gasteiger partial charge in [0.15, 0.2) is 0 Å². The standard InChI is InChI=1S/C12H12FNO2/c1-8-7-9-10(13)3-2-4-11(9)14(8)6-5-12(15)16/h2-4,7H,5-6H2,1H3,(H,15,16). The summed E-state index contributed by atoms with van der Waals surface area (Å²) in [6.45, 7) is 2.22. The Morgan fingerprint density at radius 3 is 2.94 bits per heavy atom. The Morgan fingerprint density at radius 2 is 2.25 bits per heavy atom. The summed E-state index contributed by atoms with van der Waals surface area (Å²) in [5, 5.41) is 9.19. The number of carbonyl (C=O) groups is 1. The number of fused-ring (bicyclic) bond motifs is 1. The van der Waals surface area contributed by atoms with E-state index in [0.717, 1.165) is 11.2 Å². The predicted molar refractivity (Wildman–Crippen MR) is 58.9 cm³/mol. The fourth-order valence-corrected chi connectivity index (χ4v) is 1.88. The molecule has 2 rings (SSSR count). The van der Waals surface area contributed by atoms with Gasteiger partial charge in [0.25, 0.3) is 0 Å². The maximum Gasteiger partial charge on any atom is 0.305 e. The van der Waals surface area contributed by atoms with E-state index >= 15 is 0 Å². The van der Waals surface area contributed by atoms with Crippen LogP contribution in [0.5, 0.6) is 0 Å². The molecule has 0 bridgehead atoms. The van der Waals surface area contributed by atoms with Crippen LogP contribution < -0.4 is 0 Å². The second-order valence-corrected chi connectivity index (χ2v) is 3.75. The van der Waals surface area contributed by atoms with Crippen molar-refractivity contribution in [2.75, 3.05) is 0 Å². The van der Waals surface area contributed by atoms with Crippen LogP contribution in [0.4, 0.5) is 4.39 Å². The molecule has 3 nitrogen and oxygen atoms in total. The fourth-order valence-electron chi connectivity index (χ4n) is 1.88. The van der Waals surface area contributed by atoms with Crippen LogP contribution in [0.25, 0.3) is 10.9 Å². The van der Waals surface area contributed by atoms with Gasteiger partial charge < -0.3 is 9.67 Å². The molecule has 0 saturated carbocycles. The molecule has 0 aliphatic carbocycles. The third kappa shape index (κ3) is 1.78. The Bertz CT molecular complexity index is 545. The lowest BCUT2D eigenvalue weighted by atomic mass is 10.2. The number of rotatable bonds is 3. The van der Waals surface area contributed by atoms with Gasteiger partial charge in [-0.15, -0.1) is 0 Å². The zero-order chi connectivity index (χ0) is 11.7. The van der Waals surface area contributed by atoms with Crippen molar-refractivity contribution in [1.29, 1.82) is 0 Å². The van der Waals surface area contributed by atoms with Crippen LogP contribution in [0, 0.1) is 12.7 Å². The van der Waals surface area contributed by atoms with Gasteiger partial charge in [-0.25, -0.2) is 4.39 Å². The third-order valence-corrected chi connectivity index (χ3v) is 2.65. The lowest BCUT2D eigenvalue weighted by Crippen LogP contribution is -2.05. The highest BCUT2D eigenvalue weighted by atomic mass is 19.1. The Balaban J connectivity index is 2.48. The molecule has 1 N–H and O–H groups in total. The average Bonchev–Trinajstić information content (AvgIpc) is 2.53. The third-order valence-electron chi connectivity index (χ3n) is 2.65. The minimum absolute atomic E-state index is 0.0428. The van der Waals surface area contributed by atoms with E-state index in [0.29, 0.717) is 11.9 Å². The number of benzene rings is 1. The monoisotopic (exact) mass is 221 g/mol. The van der Waals surface area contributed by atoms with E-state index in [2.05, 4.69) is 0 Å². The summed E-state index contributed by atoms with van der Waals surface area (Å²) in [7, 11) is 0. The topological polar surface area (TPSA) is 42.2 Å². The SMILES string of the molecule is Cc1cc2c(F)cccc2n1CCC(=O)O. The molecule has 2 aromatic rings. The van der Waals surface area contributed by atoms with Crippen molar-refractivity contribution in [3.05, 3.63) is 35.8 Å². The number of aryl methyl sites for hydroxylation is 2. The summed E-state index contributed by atoms with van der Waals surface area (Å²) in [5.41, 5.74) is 1.63. The summed E-state index contributed by atoms with van der Waals surface area (Å²) < 4.78 is 15.3. The first-order valence-corrected chi connectivity index (χ1v) is 5.06. The van der Waals surface area contributed by atoms with E-state index < -0.39 is 5.97 Å². The number of halogens is 1. The van der Waals surface area contributed by atoms with Gasteiger partial charge >= 0.3 is 5.97 Å². The zero-order valence-electron chi connectivity index (χ0n) is 8.90. The van der Waals surface area contributed by atoms with Gasteiger partial charge in [0.2, 0.25) is 0 Å². The van der Waals surface area contributed by atoms with Crippen molar-refractivity contribution < 1.29 is 14.3 Å². The molecule has 0 fully saturated rings. The maximum absolute atomic E-state index is 13.4. The van der Waals surface area contributed by atoms with E-state index in [1.165, 1.54) is 6.07 Å². The summed E-state index contributed by atoms with van der Waals surface area (Å²) in [4.78, 5) is 10.5. The summed E-state index contributed by atoms with van der Waals surface area (Å²) in [5.74, 6) is -1.12.